The van der Waals surface area contributed by atoms with Crippen molar-refractivity contribution in [2.24, 2.45) is 4.58 Å². The predicted octanol–water partition coefficient (Wildman–Crippen LogP) is -1.87. The fourth-order valence-electron chi connectivity index (χ4n) is 1.21. The summed E-state index contributed by atoms with van der Waals surface area (Å²) < 4.78 is 11.8. The molecule has 8 nitrogen and oxygen atoms in total. The topological polar surface area (TPSA) is 129 Å². The van der Waals surface area contributed by atoms with E-state index in [1.54, 1.807) is 0 Å². The quantitative estimate of drug-likeness (QED) is 0.256. The van der Waals surface area contributed by atoms with E-state index in [1.165, 1.54) is 0 Å². The van der Waals surface area contributed by atoms with Gasteiger partial charge in [-0.3, -0.25) is 4.18 Å². The van der Waals surface area contributed by atoms with Crippen molar-refractivity contribution in [3.05, 3.63) is 4.91 Å². The van der Waals surface area contributed by atoms with Gasteiger partial charge in [-0.1, -0.05) is 0 Å². The summed E-state index contributed by atoms with van der Waals surface area (Å²) in [5.74, 6) is 0. The summed E-state index contributed by atoms with van der Waals surface area (Å²) in [5.41, 5.74) is 0. The van der Waals surface area contributed by atoms with Crippen LogP contribution in [0, 0.1) is 4.91 Å². The van der Waals surface area contributed by atoms with Gasteiger partial charge in [0.05, 0.1) is 6.61 Å². The molecule has 1 rings (SSSR count). The molecule has 0 unspecified atom stereocenters. The third-order valence-corrected chi connectivity index (χ3v) is 2.35. The molecule has 0 radical (unpaired) electrons. The number of ether oxygens (including phenoxy) is 1. The molecule has 0 aliphatic carbocycles. The minimum atomic E-state index is -1.52. The maximum Gasteiger partial charge on any atom is 0.201 e. The summed E-state index contributed by atoms with van der Waals surface area (Å²) in [4.78, 5) is 9.74. The zero-order valence-corrected chi connectivity index (χ0v) is 8.28. The van der Waals surface area contributed by atoms with E-state index >= 15 is 0 Å². The van der Waals surface area contributed by atoms with E-state index in [4.69, 9.17) is 9.84 Å². The lowest BCUT2D eigenvalue weighted by atomic mass is 10.00. The Morgan fingerprint density at radius 1 is 1.27 bits per heavy atom. The number of nitrogens with zero attached hydrogens (tertiary/aromatic N) is 1. The summed E-state index contributed by atoms with van der Waals surface area (Å²) in [6.45, 7) is -0.552. The molecule has 15 heavy (non-hydrogen) atoms. The smallest absolute Gasteiger partial charge is 0.201 e. The highest BCUT2D eigenvalue weighted by atomic mass is 32.2. The zero-order valence-electron chi connectivity index (χ0n) is 7.46. The molecule has 1 saturated heterocycles. The summed E-state index contributed by atoms with van der Waals surface area (Å²) in [6, 6.07) is 0. The van der Waals surface area contributed by atoms with Crippen molar-refractivity contribution in [3.63, 3.8) is 0 Å². The highest BCUT2D eigenvalue weighted by Gasteiger charge is 2.44. The maximum atomic E-state index is 9.74. The highest BCUT2D eigenvalue weighted by molar-refractivity contribution is 7.93. The number of hydrogen-bond acceptors (Lipinski definition) is 9. The summed E-state index contributed by atoms with van der Waals surface area (Å²) in [5, 5.41) is 36.8. The molecule has 0 spiro atoms. The van der Waals surface area contributed by atoms with Crippen LogP contribution in [-0.4, -0.2) is 57.7 Å². The second-order valence-electron chi connectivity index (χ2n) is 2.94. The van der Waals surface area contributed by atoms with Crippen molar-refractivity contribution in [2.75, 3.05) is 6.61 Å². The normalized spacial score (nSPS) is 41.5. The first-order valence-electron chi connectivity index (χ1n) is 4.07. The van der Waals surface area contributed by atoms with Gasteiger partial charge < -0.3 is 25.2 Å². The monoisotopic (exact) mass is 241 g/mol. The Bertz CT molecular complexity index is 216. The van der Waals surface area contributed by atoms with Crippen LogP contribution >= 0.6 is 12.2 Å². The van der Waals surface area contributed by atoms with E-state index in [2.05, 4.69) is 8.77 Å². The van der Waals surface area contributed by atoms with Gasteiger partial charge in [-0.15, -0.1) is 4.91 Å². The molecule has 0 saturated carbocycles. The van der Waals surface area contributed by atoms with Crippen LogP contribution in [0.4, 0.5) is 0 Å². The molecule has 1 fully saturated rings. The number of hydrogen-bond donors (Lipinski definition) is 4. The summed E-state index contributed by atoms with van der Waals surface area (Å²) >= 11 is 0.144. The predicted molar refractivity (Wildman–Crippen MR) is 48.2 cm³/mol. The van der Waals surface area contributed by atoms with Crippen molar-refractivity contribution in [1.82, 2.24) is 0 Å². The Hall–Kier alpha value is -0.290. The summed E-state index contributed by atoms with van der Waals surface area (Å²) in [7, 11) is 0. The standard InChI is InChI=1S/C6H11NO7S/c8-1-2-3(9)4(10)5(11)6(13-2)14-15-7-12/h2-6,8-11H,1H2/t2-,3+,4+,5-,6+/m1/s1. The Balaban J connectivity index is 2.60. The lowest BCUT2D eigenvalue weighted by molar-refractivity contribution is -0.274. The van der Waals surface area contributed by atoms with E-state index in [1.807, 2.05) is 0 Å². The van der Waals surface area contributed by atoms with E-state index in [-0.39, 0.29) is 12.2 Å². The second-order valence-corrected chi connectivity index (χ2v) is 3.43. The van der Waals surface area contributed by atoms with Gasteiger partial charge >= 0.3 is 0 Å². The van der Waals surface area contributed by atoms with Crippen LogP contribution < -0.4 is 0 Å². The molecule has 4 N–H and O–H groups in total. The third kappa shape index (κ3) is 2.84. The second kappa shape index (κ2) is 5.70. The molecular weight excluding hydrogens is 230 g/mol. The molecule has 9 heteroatoms. The van der Waals surface area contributed by atoms with Gasteiger partial charge in [-0.2, -0.15) is 0 Å². The molecule has 5 atom stereocenters. The highest BCUT2D eigenvalue weighted by Crippen LogP contribution is 2.24. The van der Waals surface area contributed by atoms with Crippen LogP contribution in [0.25, 0.3) is 0 Å². The Morgan fingerprint density at radius 2 is 1.93 bits per heavy atom. The number of aliphatic hydroxyl groups is 4. The SMILES string of the molecule is O=NSO[C@@H]1O[C@H](CO)[C@H](O)[C@H](O)[C@H]1O. The lowest BCUT2D eigenvalue weighted by Gasteiger charge is -2.38. The Morgan fingerprint density at radius 3 is 2.47 bits per heavy atom. The van der Waals surface area contributed by atoms with Gasteiger partial charge in [0.1, 0.15) is 24.4 Å². The Kier molecular flexibility index (Phi) is 4.86. The minimum absolute atomic E-state index is 0.144. The van der Waals surface area contributed by atoms with Crippen LogP contribution in [0.1, 0.15) is 0 Å². The van der Waals surface area contributed by atoms with Crippen LogP contribution in [0.5, 0.6) is 0 Å². The molecule has 1 aliphatic rings. The van der Waals surface area contributed by atoms with E-state index in [0.29, 0.717) is 0 Å². The van der Waals surface area contributed by atoms with Gasteiger partial charge in [-0.05, 0) is 0 Å². The molecule has 0 bridgehead atoms. The van der Waals surface area contributed by atoms with Gasteiger partial charge in [0, 0.05) is 4.58 Å². The first-order chi connectivity index (χ1) is 7.11. The molecule has 0 amide bonds. The molecule has 0 aromatic carbocycles. The van der Waals surface area contributed by atoms with Gasteiger partial charge in [0.2, 0.25) is 6.29 Å². The minimum Gasteiger partial charge on any atom is -0.394 e. The largest absolute Gasteiger partial charge is 0.394 e. The fourth-order valence-corrected chi connectivity index (χ4v) is 1.49. The third-order valence-electron chi connectivity index (χ3n) is 2.02. The molecule has 0 aromatic heterocycles. The van der Waals surface area contributed by atoms with E-state index < -0.39 is 37.3 Å². The van der Waals surface area contributed by atoms with Gasteiger partial charge in [0.15, 0.2) is 12.2 Å². The Labute approximate surface area is 89.1 Å². The summed E-state index contributed by atoms with van der Waals surface area (Å²) in [6.07, 6.45) is -6.87. The zero-order chi connectivity index (χ0) is 11.4. The maximum absolute atomic E-state index is 9.74. The number of aliphatic hydroxyl groups excluding tert-OH is 4. The van der Waals surface area contributed by atoms with Crippen molar-refractivity contribution < 1.29 is 29.3 Å². The van der Waals surface area contributed by atoms with Gasteiger partial charge in [-0.25, -0.2) is 0 Å². The molecule has 1 aliphatic heterocycles. The molecule has 88 valence electrons. The fraction of sp³-hybridized carbons (Fsp3) is 1.00. The van der Waals surface area contributed by atoms with Crippen molar-refractivity contribution in [1.29, 1.82) is 0 Å². The number of nitroso groups, excluding NO2 is 1. The lowest BCUT2D eigenvalue weighted by Crippen LogP contribution is -2.58. The van der Waals surface area contributed by atoms with Crippen LogP contribution in [0.15, 0.2) is 4.58 Å². The van der Waals surface area contributed by atoms with Crippen molar-refractivity contribution in [2.45, 2.75) is 30.7 Å². The first kappa shape index (κ1) is 12.8. The molecular formula is C6H11NO7S. The van der Waals surface area contributed by atoms with Crippen molar-refractivity contribution in [3.8, 4) is 0 Å². The van der Waals surface area contributed by atoms with E-state index in [0.717, 1.165) is 0 Å². The van der Waals surface area contributed by atoms with E-state index in [9.17, 15) is 20.2 Å². The molecule has 1 heterocycles. The first-order valence-corrected chi connectivity index (χ1v) is 4.77. The average molecular weight is 241 g/mol. The van der Waals surface area contributed by atoms with Crippen LogP contribution in [0.2, 0.25) is 0 Å². The van der Waals surface area contributed by atoms with Crippen molar-refractivity contribution >= 4 is 12.2 Å². The van der Waals surface area contributed by atoms with Crippen LogP contribution in [0.3, 0.4) is 0 Å². The van der Waals surface area contributed by atoms with Crippen LogP contribution in [-0.2, 0) is 8.92 Å². The molecule has 0 aromatic rings. The number of rotatable bonds is 4. The average Bonchev–Trinajstić information content (AvgIpc) is 2.25. The van der Waals surface area contributed by atoms with Gasteiger partial charge in [0.25, 0.3) is 0 Å².